The summed E-state index contributed by atoms with van der Waals surface area (Å²) in [4.78, 5) is 4.77. The first kappa shape index (κ1) is 13.6. The van der Waals surface area contributed by atoms with Gasteiger partial charge in [0.05, 0.1) is 6.61 Å². The van der Waals surface area contributed by atoms with Crippen LogP contribution in [0.2, 0.25) is 0 Å². The molecule has 6 heteroatoms. The summed E-state index contributed by atoms with van der Waals surface area (Å²) in [6.45, 7) is 6.04. The summed E-state index contributed by atoms with van der Waals surface area (Å²) < 4.78 is 45.2. The van der Waals surface area contributed by atoms with Gasteiger partial charge < -0.3 is 9.64 Å². The van der Waals surface area contributed by atoms with Gasteiger partial charge in [-0.1, -0.05) is 0 Å². The smallest absolute Gasteiger partial charge is 0.255 e. The van der Waals surface area contributed by atoms with Gasteiger partial charge in [-0.25, -0.2) is 0 Å². The molecule has 0 atom stereocenters. The Morgan fingerprint density at radius 1 is 1.06 bits per heavy atom. The highest BCUT2D eigenvalue weighted by molar-refractivity contribution is 5.46. The van der Waals surface area contributed by atoms with Gasteiger partial charge in [0.15, 0.2) is 11.6 Å². The Morgan fingerprint density at radius 3 is 2.12 bits per heavy atom. The Kier molecular flexibility index (Phi) is 4.60. The second-order valence-corrected chi connectivity index (χ2v) is 3.29. The highest BCUT2D eigenvalue weighted by atomic mass is 19.2. The van der Waals surface area contributed by atoms with Crippen LogP contribution in [0.4, 0.5) is 19.0 Å². The van der Waals surface area contributed by atoms with Crippen LogP contribution >= 0.6 is 0 Å². The minimum atomic E-state index is -1.39. The van der Waals surface area contributed by atoms with Gasteiger partial charge in [-0.2, -0.15) is 18.2 Å². The van der Waals surface area contributed by atoms with Crippen LogP contribution in [0.1, 0.15) is 20.8 Å². The number of hydrogen-bond acceptors (Lipinski definition) is 3. The van der Waals surface area contributed by atoms with Crippen LogP contribution in [-0.4, -0.2) is 24.7 Å². The molecule has 0 saturated heterocycles. The third-order valence-corrected chi connectivity index (χ3v) is 2.33. The lowest BCUT2D eigenvalue weighted by Gasteiger charge is -2.21. The number of rotatable bonds is 5. The van der Waals surface area contributed by atoms with Crippen molar-refractivity contribution in [1.82, 2.24) is 4.98 Å². The van der Waals surface area contributed by atoms with Crippen molar-refractivity contribution < 1.29 is 17.9 Å². The van der Waals surface area contributed by atoms with Gasteiger partial charge >= 0.3 is 0 Å². The zero-order valence-corrected chi connectivity index (χ0v) is 10.1. The highest BCUT2D eigenvalue weighted by Gasteiger charge is 2.24. The largest absolute Gasteiger partial charge is 0.488 e. The second-order valence-electron chi connectivity index (χ2n) is 3.29. The first-order valence-electron chi connectivity index (χ1n) is 5.48. The van der Waals surface area contributed by atoms with E-state index in [0.717, 1.165) is 0 Å². The minimum Gasteiger partial charge on any atom is -0.488 e. The molecule has 0 N–H and O–H groups in total. The lowest BCUT2D eigenvalue weighted by molar-refractivity contribution is 0.291. The quantitative estimate of drug-likeness (QED) is 0.749. The molecule has 0 aliphatic carbocycles. The first-order chi connectivity index (χ1) is 8.06. The van der Waals surface area contributed by atoms with E-state index in [4.69, 9.17) is 4.74 Å². The van der Waals surface area contributed by atoms with Crippen molar-refractivity contribution in [3.05, 3.63) is 17.6 Å². The van der Waals surface area contributed by atoms with Gasteiger partial charge in [0.1, 0.15) is 0 Å². The molecule has 0 amide bonds. The number of hydrogen-bond donors (Lipinski definition) is 0. The van der Waals surface area contributed by atoms with E-state index in [2.05, 4.69) is 4.98 Å². The molecule has 0 fully saturated rings. The van der Waals surface area contributed by atoms with Gasteiger partial charge in [0.25, 0.3) is 5.95 Å². The highest BCUT2D eigenvalue weighted by Crippen LogP contribution is 2.29. The molecule has 0 radical (unpaired) electrons. The average molecular weight is 248 g/mol. The van der Waals surface area contributed by atoms with E-state index in [0.29, 0.717) is 13.1 Å². The molecule has 1 aromatic rings. The van der Waals surface area contributed by atoms with Crippen LogP contribution in [0.25, 0.3) is 0 Å². The van der Waals surface area contributed by atoms with Crippen LogP contribution in [-0.2, 0) is 0 Å². The molecule has 17 heavy (non-hydrogen) atoms. The fraction of sp³-hybridized carbons (Fsp3) is 0.545. The number of ether oxygens (including phenoxy) is 1. The fourth-order valence-electron chi connectivity index (χ4n) is 1.49. The maximum Gasteiger partial charge on any atom is 0.255 e. The van der Waals surface area contributed by atoms with E-state index in [1.54, 1.807) is 20.8 Å². The molecule has 1 heterocycles. The monoisotopic (exact) mass is 248 g/mol. The van der Waals surface area contributed by atoms with Crippen LogP contribution in [0, 0.1) is 17.6 Å². The molecule has 0 bridgehead atoms. The van der Waals surface area contributed by atoms with Crippen molar-refractivity contribution in [2.75, 3.05) is 24.6 Å². The molecule has 1 rings (SSSR count). The van der Waals surface area contributed by atoms with E-state index >= 15 is 0 Å². The molecule has 0 aliphatic rings. The van der Waals surface area contributed by atoms with Gasteiger partial charge in [0.2, 0.25) is 11.6 Å². The molecule has 96 valence electrons. The minimum absolute atomic E-state index is 0.0506. The van der Waals surface area contributed by atoms with Crippen molar-refractivity contribution in [2.45, 2.75) is 20.8 Å². The summed E-state index contributed by atoms with van der Waals surface area (Å²) in [6.07, 6.45) is 0. The van der Waals surface area contributed by atoms with Crippen molar-refractivity contribution in [1.29, 1.82) is 0 Å². The van der Waals surface area contributed by atoms with Crippen LogP contribution in [0.3, 0.4) is 0 Å². The first-order valence-corrected chi connectivity index (χ1v) is 5.48. The van der Waals surface area contributed by atoms with Crippen molar-refractivity contribution in [3.63, 3.8) is 0 Å². The third-order valence-electron chi connectivity index (χ3n) is 2.33. The number of halogens is 3. The third kappa shape index (κ3) is 2.62. The standard InChI is InChI=1S/C11H15F3N2O/c1-4-16(5-2)11-8(13)9(17-6-3)7(12)10(14)15-11/h4-6H2,1-3H3. The average Bonchev–Trinajstić information content (AvgIpc) is 2.32. The number of pyridine rings is 1. The Balaban J connectivity index is 3.32. The molecular weight excluding hydrogens is 233 g/mol. The molecule has 0 spiro atoms. The molecule has 0 aromatic carbocycles. The maximum atomic E-state index is 13.9. The zero-order chi connectivity index (χ0) is 13.0. The number of nitrogens with zero attached hydrogens (tertiary/aromatic N) is 2. The summed E-state index contributed by atoms with van der Waals surface area (Å²) in [6, 6.07) is 0. The van der Waals surface area contributed by atoms with E-state index in [1.165, 1.54) is 4.90 Å². The topological polar surface area (TPSA) is 25.4 Å². The van der Waals surface area contributed by atoms with E-state index in [9.17, 15) is 13.2 Å². The zero-order valence-electron chi connectivity index (χ0n) is 10.1. The molecular formula is C11H15F3N2O. The summed E-state index contributed by atoms with van der Waals surface area (Å²) in [5.41, 5.74) is 0. The fourth-order valence-corrected chi connectivity index (χ4v) is 1.49. The predicted octanol–water partition coefficient (Wildman–Crippen LogP) is 2.74. The van der Waals surface area contributed by atoms with Gasteiger partial charge in [0, 0.05) is 13.1 Å². The summed E-state index contributed by atoms with van der Waals surface area (Å²) >= 11 is 0. The molecule has 0 aliphatic heterocycles. The maximum absolute atomic E-state index is 13.9. The molecule has 3 nitrogen and oxygen atoms in total. The van der Waals surface area contributed by atoms with E-state index in [-0.39, 0.29) is 12.4 Å². The van der Waals surface area contributed by atoms with Crippen LogP contribution in [0.15, 0.2) is 0 Å². The van der Waals surface area contributed by atoms with Gasteiger partial charge in [-0.3, -0.25) is 0 Å². The number of aromatic nitrogens is 1. The molecule has 0 saturated carbocycles. The SMILES string of the molecule is CCOc1c(F)c(F)nc(N(CC)CC)c1F. The molecule has 1 aromatic heterocycles. The Hall–Kier alpha value is -1.46. The normalized spacial score (nSPS) is 10.5. The van der Waals surface area contributed by atoms with Crippen molar-refractivity contribution >= 4 is 5.82 Å². The second kappa shape index (κ2) is 5.75. The Bertz CT molecular complexity index is 395. The lowest BCUT2D eigenvalue weighted by Crippen LogP contribution is -2.25. The Morgan fingerprint density at radius 2 is 1.65 bits per heavy atom. The lowest BCUT2D eigenvalue weighted by atomic mass is 10.3. The van der Waals surface area contributed by atoms with E-state index in [1.807, 2.05) is 0 Å². The summed E-state index contributed by atoms with van der Waals surface area (Å²) in [5, 5.41) is 0. The van der Waals surface area contributed by atoms with Gasteiger partial charge in [-0.15, -0.1) is 0 Å². The summed E-state index contributed by atoms with van der Waals surface area (Å²) in [7, 11) is 0. The predicted molar refractivity (Wildman–Crippen MR) is 58.8 cm³/mol. The van der Waals surface area contributed by atoms with Crippen LogP contribution in [0.5, 0.6) is 5.75 Å². The Labute approximate surface area is 98.2 Å². The van der Waals surface area contributed by atoms with Crippen LogP contribution < -0.4 is 9.64 Å². The van der Waals surface area contributed by atoms with Gasteiger partial charge in [-0.05, 0) is 20.8 Å². The molecule has 0 unspecified atom stereocenters. The summed E-state index contributed by atoms with van der Waals surface area (Å²) in [5.74, 6) is -4.63. The van der Waals surface area contributed by atoms with Crippen molar-refractivity contribution in [3.8, 4) is 5.75 Å². The van der Waals surface area contributed by atoms with E-state index < -0.39 is 23.3 Å². The van der Waals surface area contributed by atoms with Crippen molar-refractivity contribution in [2.24, 2.45) is 0 Å². The number of anilines is 1.